The van der Waals surface area contributed by atoms with Crippen molar-refractivity contribution in [2.24, 2.45) is 17.8 Å². The maximum absolute atomic E-state index is 13.5. The van der Waals surface area contributed by atoms with E-state index in [0.29, 0.717) is 47.1 Å². The van der Waals surface area contributed by atoms with E-state index in [2.05, 4.69) is 67.4 Å². The number of imide groups is 2. The summed E-state index contributed by atoms with van der Waals surface area (Å²) in [5.41, 5.74) is 4.82. The van der Waals surface area contributed by atoms with E-state index in [4.69, 9.17) is 9.47 Å². The molecule has 9 rings (SSSR count). The fourth-order valence-corrected chi connectivity index (χ4v) is 11.3. The highest BCUT2D eigenvalue weighted by Gasteiger charge is 2.47. The molecule has 1 aromatic heterocycles. The lowest BCUT2D eigenvalue weighted by Crippen LogP contribution is -2.54. The van der Waals surface area contributed by atoms with Gasteiger partial charge in [0.1, 0.15) is 23.6 Å². The van der Waals surface area contributed by atoms with Crippen LogP contribution in [0.2, 0.25) is 0 Å². The number of nitrogens with one attached hydrogen (secondary N) is 2. The number of anilines is 1. The van der Waals surface area contributed by atoms with E-state index >= 15 is 0 Å². The molecule has 2 saturated carbocycles. The topological polar surface area (TPSA) is 190 Å². The second kappa shape index (κ2) is 18.2. The van der Waals surface area contributed by atoms with Gasteiger partial charge in [0.2, 0.25) is 17.8 Å². The zero-order valence-electron chi connectivity index (χ0n) is 38.0. The number of benzene rings is 2. The van der Waals surface area contributed by atoms with E-state index in [1.54, 1.807) is 24.5 Å². The number of nitriles is 1. The van der Waals surface area contributed by atoms with E-state index in [1.807, 2.05) is 13.8 Å². The molecule has 0 bridgehead atoms. The highest BCUT2D eigenvalue weighted by atomic mass is 16.5. The Labute approximate surface area is 380 Å². The third-order valence-corrected chi connectivity index (χ3v) is 14.7. The summed E-state index contributed by atoms with van der Waals surface area (Å²) in [5.74, 6) is 0.515. The number of hydrogen-bond donors (Lipinski definition) is 2. The van der Waals surface area contributed by atoms with Gasteiger partial charge in [0, 0.05) is 95.1 Å². The molecule has 3 aromatic rings. The van der Waals surface area contributed by atoms with Gasteiger partial charge in [-0.15, -0.1) is 0 Å². The van der Waals surface area contributed by atoms with Crippen molar-refractivity contribution >= 4 is 35.5 Å². The molecule has 2 N–H and O–H groups in total. The maximum Gasteiger partial charge on any atom is 0.266 e. The average Bonchev–Trinajstić information content (AvgIpc) is 3.89. The molecule has 3 atom stereocenters. The zero-order chi connectivity index (χ0) is 45.7. The molecule has 2 aliphatic carbocycles. The highest BCUT2D eigenvalue weighted by Crippen LogP contribution is 2.41. The minimum absolute atomic E-state index is 0.0453. The molecule has 0 radical (unpaired) electrons. The number of fused-ring (bicyclic) bond motifs is 2. The average molecular weight is 886 g/mol. The van der Waals surface area contributed by atoms with Gasteiger partial charge < -0.3 is 19.7 Å². The number of likely N-dealkylation sites (tertiary alicyclic amines) is 1. The van der Waals surface area contributed by atoms with E-state index in [0.717, 1.165) is 99.4 Å². The zero-order valence-corrected chi connectivity index (χ0v) is 38.0. The molecule has 0 spiro atoms. The SMILES string of the molecule is COc1cc(OC2CC(N(CC3CCN(c4ncc(C(=O)NC5CC6CN(Cc7cc(C)c(C#N)c(C)c7)CC6C5)cn4)CC3)C(C)C)C2)cc2c1C(=O)N(C1CCC(=O)NC1=O)C2=O. The van der Waals surface area contributed by atoms with Crippen molar-refractivity contribution in [3.05, 3.63) is 75.6 Å². The molecule has 5 fully saturated rings. The molecule has 3 unspecified atom stereocenters. The number of nitrogens with zero attached hydrogens (tertiary/aromatic N) is 7. The molecule has 342 valence electrons. The lowest BCUT2D eigenvalue weighted by molar-refractivity contribution is -0.136. The Hall–Kier alpha value is -5.92. The first-order chi connectivity index (χ1) is 31.3. The lowest BCUT2D eigenvalue weighted by atomic mass is 9.85. The molecular formula is C49H59N9O7. The number of methoxy groups -OCH3 is 1. The number of carbonyl (C=O) groups is 5. The fourth-order valence-electron chi connectivity index (χ4n) is 11.3. The number of carbonyl (C=O) groups excluding carboxylic acids is 5. The van der Waals surface area contributed by atoms with Gasteiger partial charge in [-0.25, -0.2) is 9.97 Å². The van der Waals surface area contributed by atoms with Crippen LogP contribution in [0.25, 0.3) is 0 Å². The summed E-state index contributed by atoms with van der Waals surface area (Å²) >= 11 is 0. The van der Waals surface area contributed by atoms with Gasteiger partial charge in [0.15, 0.2) is 0 Å². The predicted octanol–water partition coefficient (Wildman–Crippen LogP) is 4.55. The van der Waals surface area contributed by atoms with Crippen molar-refractivity contribution in [1.82, 2.24) is 35.3 Å². The van der Waals surface area contributed by atoms with Crippen molar-refractivity contribution < 1.29 is 33.4 Å². The van der Waals surface area contributed by atoms with E-state index in [-0.39, 0.29) is 47.8 Å². The summed E-state index contributed by atoms with van der Waals surface area (Å²) in [7, 11) is 1.43. The van der Waals surface area contributed by atoms with Crippen molar-refractivity contribution in [3.63, 3.8) is 0 Å². The number of ether oxygens (including phenoxy) is 2. The maximum atomic E-state index is 13.5. The molecule has 65 heavy (non-hydrogen) atoms. The molecular weight excluding hydrogens is 827 g/mol. The summed E-state index contributed by atoms with van der Waals surface area (Å²) < 4.78 is 11.9. The number of aryl methyl sites for hydroxylation is 2. The minimum Gasteiger partial charge on any atom is -0.496 e. The lowest BCUT2D eigenvalue weighted by Gasteiger charge is -2.46. The normalized spacial score (nSPS) is 25.7. The largest absolute Gasteiger partial charge is 0.496 e. The van der Waals surface area contributed by atoms with Crippen LogP contribution in [0.15, 0.2) is 36.7 Å². The van der Waals surface area contributed by atoms with Gasteiger partial charge in [-0.05, 0) is 100 Å². The van der Waals surface area contributed by atoms with Crippen LogP contribution in [0.4, 0.5) is 5.95 Å². The van der Waals surface area contributed by atoms with Gasteiger partial charge in [-0.3, -0.25) is 44.0 Å². The number of piperidine rings is 2. The summed E-state index contributed by atoms with van der Waals surface area (Å²) in [6.45, 7) is 14.1. The van der Waals surface area contributed by atoms with Crippen LogP contribution in [-0.2, 0) is 16.1 Å². The van der Waals surface area contributed by atoms with Gasteiger partial charge in [0.05, 0.1) is 35.4 Å². The summed E-state index contributed by atoms with van der Waals surface area (Å²) in [6.07, 6.45) is 8.97. The number of aromatic nitrogens is 2. The van der Waals surface area contributed by atoms with E-state index in [1.165, 1.54) is 12.7 Å². The molecule has 5 amide bonds. The Bertz CT molecular complexity index is 2380. The van der Waals surface area contributed by atoms with Crippen LogP contribution < -0.4 is 25.0 Å². The van der Waals surface area contributed by atoms with E-state index < -0.39 is 29.7 Å². The summed E-state index contributed by atoms with van der Waals surface area (Å²) in [5, 5.41) is 14.9. The van der Waals surface area contributed by atoms with Crippen LogP contribution >= 0.6 is 0 Å². The number of rotatable bonds is 13. The quantitative estimate of drug-likeness (QED) is 0.228. The van der Waals surface area contributed by atoms with Crippen LogP contribution in [-0.4, -0.2) is 124 Å². The van der Waals surface area contributed by atoms with Crippen molar-refractivity contribution in [1.29, 1.82) is 5.26 Å². The standard InChI is InChI=1S/C49H59N9O7/c1-27(2)57(36-16-37(17-36)65-38-18-39-44(42(19-38)64-5)48(63)58(47(39)62)41-6-7-43(59)54-46(41)61)24-30-8-10-56(11-9-30)49-51-21-34(22-52-49)45(60)53-35-14-32-25-55(26-33(32)15-35)23-31-12-28(3)40(20-50)29(4)13-31/h12-13,18-19,21-22,27,30,32-33,35-37,41H,6-11,14-17,23-26H2,1-5H3,(H,53,60)(H,54,59,61). The summed E-state index contributed by atoms with van der Waals surface area (Å²) in [6, 6.07) is 9.57. The van der Waals surface area contributed by atoms with Crippen LogP contribution in [0.3, 0.4) is 0 Å². The van der Waals surface area contributed by atoms with Gasteiger partial charge in [0.25, 0.3) is 17.7 Å². The van der Waals surface area contributed by atoms with E-state index in [9.17, 15) is 29.2 Å². The van der Waals surface area contributed by atoms with Gasteiger partial charge >= 0.3 is 0 Å². The Morgan fingerprint density at radius 2 is 1.63 bits per heavy atom. The Kier molecular flexibility index (Phi) is 12.4. The van der Waals surface area contributed by atoms with Crippen LogP contribution in [0.5, 0.6) is 11.5 Å². The number of amides is 5. The van der Waals surface area contributed by atoms with Gasteiger partial charge in [-0.1, -0.05) is 12.1 Å². The third kappa shape index (κ3) is 8.92. The molecule has 5 heterocycles. The van der Waals surface area contributed by atoms with Crippen molar-refractivity contribution in [2.45, 2.75) is 116 Å². The monoisotopic (exact) mass is 885 g/mol. The molecule has 6 aliphatic rings. The first-order valence-corrected chi connectivity index (χ1v) is 23.2. The first kappa shape index (κ1) is 44.3. The second-order valence-electron chi connectivity index (χ2n) is 19.4. The van der Waals surface area contributed by atoms with Crippen LogP contribution in [0.1, 0.15) is 119 Å². The number of hydrogen-bond acceptors (Lipinski definition) is 13. The Morgan fingerprint density at radius 1 is 0.954 bits per heavy atom. The Morgan fingerprint density at radius 3 is 2.25 bits per heavy atom. The molecule has 16 heteroatoms. The van der Waals surface area contributed by atoms with Crippen molar-refractivity contribution in [3.8, 4) is 17.6 Å². The molecule has 2 aromatic carbocycles. The predicted molar refractivity (Wildman–Crippen MR) is 239 cm³/mol. The van der Waals surface area contributed by atoms with Gasteiger partial charge in [-0.2, -0.15) is 5.26 Å². The first-order valence-electron chi connectivity index (χ1n) is 23.2. The fraction of sp³-hybridized carbons (Fsp3) is 0.551. The minimum atomic E-state index is -1.06. The van der Waals surface area contributed by atoms with Crippen LogP contribution in [0, 0.1) is 42.9 Å². The molecule has 16 nitrogen and oxygen atoms in total. The smallest absolute Gasteiger partial charge is 0.266 e. The summed E-state index contributed by atoms with van der Waals surface area (Å²) in [4.78, 5) is 82.0. The molecule has 4 aliphatic heterocycles. The second-order valence-corrected chi connectivity index (χ2v) is 19.4. The van der Waals surface area contributed by atoms with Crippen molar-refractivity contribution in [2.75, 3.05) is 44.7 Å². The Balaban J connectivity index is 0.716. The highest BCUT2D eigenvalue weighted by molar-refractivity contribution is 6.24. The molecule has 3 saturated heterocycles. The third-order valence-electron chi connectivity index (χ3n) is 14.7.